The summed E-state index contributed by atoms with van der Waals surface area (Å²) in [5.41, 5.74) is 3.16. The Balaban J connectivity index is 1.66. The molecule has 0 radical (unpaired) electrons. The molecule has 0 atom stereocenters. The van der Waals surface area contributed by atoms with Crippen molar-refractivity contribution < 1.29 is 9.53 Å². The molecular weight excluding hydrogens is 442 g/mol. The number of aromatic nitrogens is 1. The van der Waals surface area contributed by atoms with Crippen LogP contribution in [0.4, 0.5) is 17.2 Å². The van der Waals surface area contributed by atoms with Crippen LogP contribution in [0.3, 0.4) is 0 Å². The summed E-state index contributed by atoms with van der Waals surface area (Å²) >= 11 is 3.45. The van der Waals surface area contributed by atoms with E-state index >= 15 is 0 Å². The van der Waals surface area contributed by atoms with Gasteiger partial charge in [0.1, 0.15) is 11.6 Å². The molecule has 0 saturated heterocycles. The van der Waals surface area contributed by atoms with E-state index in [1.165, 1.54) is 0 Å². The number of fused-ring (bicyclic) bond motifs is 1. The number of hydrogen-bond donors (Lipinski definition) is 2. The summed E-state index contributed by atoms with van der Waals surface area (Å²) in [5.74, 6) is 1.28. The topological polar surface area (TPSA) is 63.2 Å². The highest BCUT2D eigenvalue weighted by Crippen LogP contribution is 2.29. The highest BCUT2D eigenvalue weighted by atomic mass is 79.9. The number of nitrogens with zero attached hydrogens (tertiary/aromatic N) is 1. The van der Waals surface area contributed by atoms with Gasteiger partial charge in [0, 0.05) is 27.4 Å². The number of pyridine rings is 1. The molecule has 1 amide bonds. The zero-order chi connectivity index (χ0) is 21.1. The van der Waals surface area contributed by atoms with Crippen molar-refractivity contribution in [3.63, 3.8) is 0 Å². The predicted octanol–water partition coefficient (Wildman–Crippen LogP) is 6.31. The third kappa shape index (κ3) is 4.14. The molecule has 0 unspecified atom stereocenters. The maximum atomic E-state index is 13.0. The minimum Gasteiger partial charge on any atom is -0.497 e. The number of aryl methyl sites for hydroxylation is 1. The highest BCUT2D eigenvalue weighted by molar-refractivity contribution is 9.10. The quantitative estimate of drug-likeness (QED) is 0.365. The van der Waals surface area contributed by atoms with E-state index in [1.54, 1.807) is 13.3 Å². The van der Waals surface area contributed by atoms with Gasteiger partial charge >= 0.3 is 0 Å². The van der Waals surface area contributed by atoms with E-state index in [9.17, 15) is 4.79 Å². The molecule has 0 bridgehead atoms. The van der Waals surface area contributed by atoms with Gasteiger partial charge in [-0.3, -0.25) is 4.79 Å². The van der Waals surface area contributed by atoms with Gasteiger partial charge in [0.25, 0.3) is 5.91 Å². The first-order chi connectivity index (χ1) is 14.5. The van der Waals surface area contributed by atoms with Crippen molar-refractivity contribution in [3.05, 3.63) is 88.5 Å². The van der Waals surface area contributed by atoms with Crippen molar-refractivity contribution >= 4 is 49.8 Å². The summed E-state index contributed by atoms with van der Waals surface area (Å²) in [7, 11) is 1.64. The van der Waals surface area contributed by atoms with Gasteiger partial charge in [-0.25, -0.2) is 4.98 Å². The van der Waals surface area contributed by atoms with Crippen molar-refractivity contribution in [2.24, 2.45) is 0 Å². The van der Waals surface area contributed by atoms with E-state index in [0.29, 0.717) is 11.4 Å². The second kappa shape index (κ2) is 8.55. The van der Waals surface area contributed by atoms with E-state index in [4.69, 9.17) is 4.74 Å². The third-order valence-electron chi connectivity index (χ3n) is 4.83. The first kappa shape index (κ1) is 19.9. The fourth-order valence-corrected chi connectivity index (χ4v) is 3.72. The van der Waals surface area contributed by atoms with Gasteiger partial charge < -0.3 is 15.4 Å². The molecule has 30 heavy (non-hydrogen) atoms. The number of amides is 1. The van der Waals surface area contributed by atoms with Gasteiger partial charge in [-0.1, -0.05) is 40.2 Å². The smallest absolute Gasteiger partial charge is 0.257 e. The zero-order valence-corrected chi connectivity index (χ0v) is 18.2. The number of anilines is 3. The lowest BCUT2D eigenvalue weighted by molar-refractivity contribution is 0.102. The van der Waals surface area contributed by atoms with Gasteiger partial charge in [-0.05, 0) is 60.3 Å². The average Bonchev–Trinajstić information content (AvgIpc) is 2.76. The highest BCUT2D eigenvalue weighted by Gasteiger charge is 2.15. The Hall–Kier alpha value is -3.38. The molecule has 4 aromatic rings. The number of methoxy groups -OCH3 is 1. The SMILES string of the molecule is COc1ccc(Nc2ncc(C(=O)Nc3ccc(Br)cc3C)c3ccccc23)cc1. The van der Waals surface area contributed by atoms with Crippen LogP contribution in [0.15, 0.2) is 77.4 Å². The van der Waals surface area contributed by atoms with Gasteiger partial charge in [0.15, 0.2) is 0 Å². The van der Waals surface area contributed by atoms with Crippen molar-refractivity contribution in [3.8, 4) is 5.75 Å². The van der Waals surface area contributed by atoms with Crippen LogP contribution in [0.2, 0.25) is 0 Å². The van der Waals surface area contributed by atoms with Crippen molar-refractivity contribution in [2.45, 2.75) is 6.92 Å². The number of rotatable bonds is 5. The molecule has 6 heteroatoms. The van der Waals surface area contributed by atoms with Crippen LogP contribution in [0, 0.1) is 6.92 Å². The molecule has 1 heterocycles. The summed E-state index contributed by atoms with van der Waals surface area (Å²) in [6.07, 6.45) is 1.61. The van der Waals surface area contributed by atoms with Crippen LogP contribution in [-0.2, 0) is 0 Å². The minimum absolute atomic E-state index is 0.194. The van der Waals surface area contributed by atoms with Crippen LogP contribution in [0.25, 0.3) is 10.8 Å². The summed E-state index contributed by atoms with van der Waals surface area (Å²) in [6.45, 7) is 1.96. The molecule has 0 spiro atoms. The predicted molar refractivity (Wildman–Crippen MR) is 125 cm³/mol. The second-order valence-electron chi connectivity index (χ2n) is 6.83. The molecule has 5 nitrogen and oxygen atoms in total. The Morgan fingerprint density at radius 2 is 1.73 bits per heavy atom. The Morgan fingerprint density at radius 1 is 1.00 bits per heavy atom. The lowest BCUT2D eigenvalue weighted by Gasteiger charge is -2.13. The van der Waals surface area contributed by atoms with Crippen LogP contribution in [0.1, 0.15) is 15.9 Å². The molecule has 0 aliphatic rings. The van der Waals surface area contributed by atoms with E-state index in [0.717, 1.165) is 37.9 Å². The van der Waals surface area contributed by atoms with Gasteiger partial charge in [-0.2, -0.15) is 0 Å². The van der Waals surface area contributed by atoms with Gasteiger partial charge in [0.2, 0.25) is 0 Å². The maximum absolute atomic E-state index is 13.0. The van der Waals surface area contributed by atoms with E-state index in [-0.39, 0.29) is 5.91 Å². The number of carbonyl (C=O) groups excluding carboxylic acids is 1. The first-order valence-corrected chi connectivity index (χ1v) is 10.2. The molecule has 0 saturated carbocycles. The Labute approximate surface area is 183 Å². The molecule has 3 aromatic carbocycles. The molecular formula is C24H20BrN3O2. The monoisotopic (exact) mass is 461 g/mol. The molecule has 2 N–H and O–H groups in total. The van der Waals surface area contributed by atoms with E-state index in [1.807, 2.05) is 73.7 Å². The fraction of sp³-hybridized carbons (Fsp3) is 0.0833. The summed E-state index contributed by atoms with van der Waals surface area (Å²) in [5, 5.41) is 8.02. The second-order valence-corrected chi connectivity index (χ2v) is 7.75. The van der Waals surface area contributed by atoms with Gasteiger partial charge in [-0.15, -0.1) is 0 Å². The minimum atomic E-state index is -0.194. The number of nitrogens with one attached hydrogen (secondary N) is 2. The van der Waals surface area contributed by atoms with Crippen LogP contribution < -0.4 is 15.4 Å². The maximum Gasteiger partial charge on any atom is 0.257 e. The first-order valence-electron chi connectivity index (χ1n) is 9.41. The molecule has 0 aliphatic heterocycles. The number of hydrogen-bond acceptors (Lipinski definition) is 4. The lowest BCUT2D eigenvalue weighted by Crippen LogP contribution is -2.14. The molecule has 4 rings (SSSR count). The molecule has 0 fully saturated rings. The average molecular weight is 462 g/mol. The summed E-state index contributed by atoms with van der Waals surface area (Å²) in [4.78, 5) is 17.5. The van der Waals surface area contributed by atoms with E-state index < -0.39 is 0 Å². The Bertz CT molecular complexity index is 1220. The van der Waals surface area contributed by atoms with Crippen LogP contribution in [-0.4, -0.2) is 18.0 Å². The lowest BCUT2D eigenvalue weighted by atomic mass is 10.1. The zero-order valence-electron chi connectivity index (χ0n) is 16.6. The summed E-state index contributed by atoms with van der Waals surface area (Å²) < 4.78 is 6.18. The number of halogens is 1. The van der Waals surface area contributed by atoms with Crippen LogP contribution >= 0.6 is 15.9 Å². The van der Waals surface area contributed by atoms with Crippen molar-refractivity contribution in [1.82, 2.24) is 4.98 Å². The largest absolute Gasteiger partial charge is 0.497 e. The molecule has 150 valence electrons. The Morgan fingerprint density at radius 3 is 2.43 bits per heavy atom. The third-order valence-corrected chi connectivity index (χ3v) is 5.32. The molecule has 0 aliphatic carbocycles. The summed E-state index contributed by atoms with van der Waals surface area (Å²) in [6, 6.07) is 21.1. The standard InChI is InChI=1S/C24H20BrN3O2/c1-15-13-16(25)7-12-22(15)28-24(29)21-14-26-23(20-6-4-3-5-19(20)21)27-17-8-10-18(30-2)11-9-17/h3-14H,1-2H3,(H,26,27)(H,28,29). The van der Waals surface area contributed by atoms with Crippen molar-refractivity contribution in [2.75, 3.05) is 17.7 Å². The normalized spacial score (nSPS) is 10.6. The van der Waals surface area contributed by atoms with Gasteiger partial charge in [0.05, 0.1) is 12.7 Å². The molecule has 1 aromatic heterocycles. The fourth-order valence-electron chi connectivity index (χ4n) is 3.24. The van der Waals surface area contributed by atoms with E-state index in [2.05, 4.69) is 31.5 Å². The number of ether oxygens (including phenoxy) is 1. The number of carbonyl (C=O) groups is 1. The number of benzene rings is 3. The van der Waals surface area contributed by atoms with Crippen LogP contribution in [0.5, 0.6) is 5.75 Å². The Kier molecular flexibility index (Phi) is 5.68. The van der Waals surface area contributed by atoms with Crippen molar-refractivity contribution in [1.29, 1.82) is 0 Å².